The van der Waals surface area contributed by atoms with Gasteiger partial charge in [0.05, 0.1) is 19.8 Å². The first kappa shape index (κ1) is 20.1. The van der Waals surface area contributed by atoms with E-state index in [0.717, 1.165) is 11.3 Å². The molecule has 1 aromatic heterocycles. The second-order valence-corrected chi connectivity index (χ2v) is 6.12. The lowest BCUT2D eigenvalue weighted by atomic mass is 10.1. The summed E-state index contributed by atoms with van der Waals surface area (Å²) < 4.78 is 23.4. The number of methoxy groups -OCH3 is 2. The highest BCUT2D eigenvalue weighted by Crippen LogP contribution is 2.30. The molecule has 0 atom stereocenters. The lowest BCUT2D eigenvalue weighted by Crippen LogP contribution is -2.26. The van der Waals surface area contributed by atoms with E-state index in [2.05, 4.69) is 20.6 Å². The Kier molecular flexibility index (Phi) is 6.57. The Balaban J connectivity index is 1.55. The van der Waals surface area contributed by atoms with E-state index in [9.17, 15) is 9.18 Å². The van der Waals surface area contributed by atoms with Gasteiger partial charge in [-0.25, -0.2) is 14.4 Å². The molecule has 0 bridgehead atoms. The number of aromatic nitrogens is 2. The molecule has 0 saturated carbocycles. The first-order chi connectivity index (χ1) is 14.1. The van der Waals surface area contributed by atoms with E-state index in [0.29, 0.717) is 36.0 Å². The van der Waals surface area contributed by atoms with Crippen LogP contribution in [0.15, 0.2) is 54.9 Å². The highest BCUT2D eigenvalue weighted by atomic mass is 19.1. The molecule has 2 N–H and O–H groups in total. The maximum atomic E-state index is 12.9. The zero-order chi connectivity index (χ0) is 20.6. The van der Waals surface area contributed by atoms with Crippen LogP contribution in [0.5, 0.6) is 11.5 Å². The third kappa shape index (κ3) is 5.41. The monoisotopic (exact) mass is 396 g/mol. The van der Waals surface area contributed by atoms with Crippen molar-refractivity contribution in [2.45, 2.75) is 6.42 Å². The van der Waals surface area contributed by atoms with Crippen molar-refractivity contribution in [2.24, 2.45) is 0 Å². The van der Waals surface area contributed by atoms with E-state index in [1.165, 1.54) is 24.5 Å². The zero-order valence-corrected chi connectivity index (χ0v) is 16.1. The van der Waals surface area contributed by atoms with Gasteiger partial charge in [0.15, 0.2) is 11.5 Å². The molecule has 2 aromatic carbocycles. The molecule has 0 unspecified atom stereocenters. The third-order valence-electron chi connectivity index (χ3n) is 4.17. The predicted octanol–water partition coefficient (Wildman–Crippen LogP) is 3.35. The second kappa shape index (κ2) is 9.50. The van der Waals surface area contributed by atoms with Gasteiger partial charge in [0.1, 0.15) is 5.82 Å². The van der Waals surface area contributed by atoms with Gasteiger partial charge in [-0.05, 0) is 36.2 Å². The van der Waals surface area contributed by atoms with Crippen molar-refractivity contribution in [3.8, 4) is 11.5 Å². The van der Waals surface area contributed by atoms with Crippen molar-refractivity contribution < 1.29 is 18.7 Å². The molecule has 3 rings (SSSR count). The summed E-state index contributed by atoms with van der Waals surface area (Å²) in [6.07, 6.45) is 3.50. The fraction of sp³-hybridized carbons (Fsp3) is 0.190. The molecule has 0 saturated heterocycles. The van der Waals surface area contributed by atoms with Crippen molar-refractivity contribution >= 4 is 17.5 Å². The molecule has 1 amide bonds. The molecule has 7 nitrogen and oxygen atoms in total. The maximum absolute atomic E-state index is 12.9. The standard InChI is InChI=1S/C21H21FN4O3/c1-28-18-8-7-17(11-19(18)29-2)26-21-24-12-15(13-25-21)20(27)23-10-9-14-3-5-16(22)6-4-14/h3-8,11-13H,9-10H2,1-2H3,(H,23,27)(H,24,25,26). The largest absolute Gasteiger partial charge is 0.493 e. The molecule has 150 valence electrons. The van der Waals surface area contributed by atoms with Crippen molar-refractivity contribution in [1.82, 2.24) is 15.3 Å². The minimum Gasteiger partial charge on any atom is -0.493 e. The fourth-order valence-corrected chi connectivity index (χ4v) is 2.63. The van der Waals surface area contributed by atoms with Gasteiger partial charge < -0.3 is 20.1 Å². The Hall–Kier alpha value is -3.68. The number of nitrogens with one attached hydrogen (secondary N) is 2. The number of hydrogen-bond acceptors (Lipinski definition) is 6. The molecule has 0 fully saturated rings. The lowest BCUT2D eigenvalue weighted by molar-refractivity contribution is 0.0953. The molecule has 3 aromatic rings. The van der Waals surface area contributed by atoms with Crippen molar-refractivity contribution in [3.63, 3.8) is 0 Å². The average molecular weight is 396 g/mol. The summed E-state index contributed by atoms with van der Waals surface area (Å²) in [4.78, 5) is 20.6. The minimum atomic E-state index is -0.281. The Morgan fingerprint density at radius 2 is 1.69 bits per heavy atom. The Labute approximate surface area is 167 Å². The minimum absolute atomic E-state index is 0.273. The number of ether oxygens (including phenoxy) is 2. The molecule has 0 aliphatic rings. The molecule has 0 aliphatic carbocycles. The molecule has 1 heterocycles. The number of rotatable bonds is 8. The quantitative estimate of drug-likeness (QED) is 0.607. The van der Waals surface area contributed by atoms with Gasteiger partial charge in [-0.15, -0.1) is 0 Å². The van der Waals surface area contributed by atoms with E-state index in [4.69, 9.17) is 9.47 Å². The summed E-state index contributed by atoms with van der Waals surface area (Å²) in [7, 11) is 3.12. The van der Waals surface area contributed by atoms with E-state index < -0.39 is 0 Å². The van der Waals surface area contributed by atoms with Gasteiger partial charge in [0, 0.05) is 30.7 Å². The van der Waals surface area contributed by atoms with Crippen LogP contribution in [0.4, 0.5) is 16.0 Å². The molecule has 29 heavy (non-hydrogen) atoms. The number of amides is 1. The van der Waals surface area contributed by atoms with Crippen LogP contribution in [-0.2, 0) is 6.42 Å². The normalized spacial score (nSPS) is 10.3. The van der Waals surface area contributed by atoms with Crippen LogP contribution >= 0.6 is 0 Å². The number of hydrogen-bond donors (Lipinski definition) is 2. The van der Waals surface area contributed by atoms with Gasteiger partial charge in [0.25, 0.3) is 5.91 Å². The van der Waals surface area contributed by atoms with E-state index in [1.54, 1.807) is 44.6 Å². The van der Waals surface area contributed by atoms with Crippen LogP contribution in [-0.4, -0.2) is 36.6 Å². The smallest absolute Gasteiger partial charge is 0.254 e. The Bertz CT molecular complexity index is 963. The van der Waals surface area contributed by atoms with E-state index in [-0.39, 0.29) is 11.7 Å². The molecule has 0 aliphatic heterocycles. The van der Waals surface area contributed by atoms with Crippen LogP contribution in [0.25, 0.3) is 0 Å². The van der Waals surface area contributed by atoms with Gasteiger partial charge in [0.2, 0.25) is 5.95 Å². The van der Waals surface area contributed by atoms with Crippen molar-refractivity contribution in [2.75, 3.05) is 26.1 Å². The van der Waals surface area contributed by atoms with Gasteiger partial charge in [-0.3, -0.25) is 4.79 Å². The van der Waals surface area contributed by atoms with Crippen LogP contribution < -0.4 is 20.1 Å². The number of nitrogens with zero attached hydrogens (tertiary/aromatic N) is 2. The SMILES string of the molecule is COc1ccc(Nc2ncc(C(=O)NCCc3ccc(F)cc3)cn2)cc1OC. The number of halogens is 1. The number of carbonyl (C=O) groups excluding carboxylic acids is 1. The molecule has 0 radical (unpaired) electrons. The predicted molar refractivity (Wildman–Crippen MR) is 107 cm³/mol. The highest BCUT2D eigenvalue weighted by molar-refractivity contribution is 5.93. The summed E-state index contributed by atoms with van der Waals surface area (Å²) in [6, 6.07) is 11.5. The number of anilines is 2. The number of benzene rings is 2. The maximum Gasteiger partial charge on any atom is 0.254 e. The lowest BCUT2D eigenvalue weighted by Gasteiger charge is -2.10. The van der Waals surface area contributed by atoms with Crippen molar-refractivity contribution in [1.29, 1.82) is 0 Å². The van der Waals surface area contributed by atoms with E-state index in [1.807, 2.05) is 0 Å². The third-order valence-corrected chi connectivity index (χ3v) is 4.17. The first-order valence-corrected chi connectivity index (χ1v) is 8.93. The summed E-state index contributed by atoms with van der Waals surface area (Å²) >= 11 is 0. The summed E-state index contributed by atoms with van der Waals surface area (Å²) in [6.45, 7) is 0.427. The van der Waals surface area contributed by atoms with Crippen LogP contribution in [0, 0.1) is 5.82 Å². The average Bonchev–Trinajstić information content (AvgIpc) is 2.75. The van der Waals surface area contributed by atoms with Crippen LogP contribution in [0.3, 0.4) is 0 Å². The van der Waals surface area contributed by atoms with E-state index >= 15 is 0 Å². The summed E-state index contributed by atoms with van der Waals surface area (Å²) in [5, 5.41) is 5.84. The summed E-state index contributed by atoms with van der Waals surface area (Å²) in [5.41, 5.74) is 2.01. The topological polar surface area (TPSA) is 85.4 Å². The fourth-order valence-electron chi connectivity index (χ4n) is 2.63. The van der Waals surface area contributed by atoms with Gasteiger partial charge in [-0.1, -0.05) is 12.1 Å². The van der Waals surface area contributed by atoms with Crippen molar-refractivity contribution in [3.05, 3.63) is 71.8 Å². The van der Waals surface area contributed by atoms with Gasteiger partial charge in [-0.2, -0.15) is 0 Å². The summed E-state index contributed by atoms with van der Waals surface area (Å²) in [5.74, 6) is 0.989. The number of carbonyl (C=O) groups is 1. The highest BCUT2D eigenvalue weighted by Gasteiger charge is 2.09. The zero-order valence-electron chi connectivity index (χ0n) is 16.1. The molecular formula is C21H21FN4O3. The van der Waals surface area contributed by atoms with Crippen LogP contribution in [0.1, 0.15) is 15.9 Å². The molecule has 8 heteroatoms. The molecule has 0 spiro atoms. The Morgan fingerprint density at radius 3 is 2.34 bits per heavy atom. The Morgan fingerprint density at radius 1 is 1.00 bits per heavy atom. The van der Waals surface area contributed by atoms with Crippen LogP contribution in [0.2, 0.25) is 0 Å². The van der Waals surface area contributed by atoms with Gasteiger partial charge >= 0.3 is 0 Å². The molecular weight excluding hydrogens is 375 g/mol. The first-order valence-electron chi connectivity index (χ1n) is 8.93. The second-order valence-electron chi connectivity index (χ2n) is 6.12.